The fraction of sp³-hybridized carbons (Fsp3) is 0.400. The van der Waals surface area contributed by atoms with E-state index in [0.717, 1.165) is 24.3 Å². The van der Waals surface area contributed by atoms with Crippen LogP contribution in [0.2, 0.25) is 0 Å². The minimum absolute atomic E-state index is 0.0107. The maximum absolute atomic E-state index is 12.5. The monoisotopic (exact) mass is 340 g/mol. The van der Waals surface area contributed by atoms with Crippen LogP contribution < -0.4 is 10.9 Å². The number of hydrogen-bond acceptors (Lipinski definition) is 4. The SMILES string of the molecule is CCOC(=O)Cc1c([C@@H]2CNC[C@@H]2c2ccccc2)cc(C)[nH]c1=O. The van der Waals surface area contributed by atoms with Gasteiger partial charge in [-0.1, -0.05) is 30.3 Å². The smallest absolute Gasteiger partial charge is 0.310 e. The Labute approximate surface area is 147 Å². The standard InChI is InChI=1S/C20H24N2O3/c1-3-25-19(23)10-16-15(9-13(2)22-20(16)24)18-12-21-11-17(18)14-7-5-4-6-8-14/h4-9,17-18,21H,3,10-12H2,1-2H3,(H,22,24)/t17-,18+/m1/s1. The number of nitrogens with one attached hydrogen (secondary N) is 2. The van der Waals surface area contributed by atoms with Crippen molar-refractivity contribution < 1.29 is 9.53 Å². The van der Waals surface area contributed by atoms with Crippen molar-refractivity contribution in [1.82, 2.24) is 10.3 Å². The van der Waals surface area contributed by atoms with Crippen LogP contribution in [-0.2, 0) is 16.0 Å². The topological polar surface area (TPSA) is 71.2 Å². The highest BCUT2D eigenvalue weighted by Gasteiger charge is 2.32. The molecule has 1 aliphatic heterocycles. The number of pyridine rings is 1. The third kappa shape index (κ3) is 3.82. The molecule has 25 heavy (non-hydrogen) atoms. The lowest BCUT2D eigenvalue weighted by Gasteiger charge is -2.22. The Morgan fingerprint density at radius 1 is 1.20 bits per heavy atom. The summed E-state index contributed by atoms with van der Waals surface area (Å²) in [6.45, 7) is 5.61. The van der Waals surface area contributed by atoms with Gasteiger partial charge < -0.3 is 15.0 Å². The van der Waals surface area contributed by atoms with Crippen LogP contribution in [0.3, 0.4) is 0 Å². The Bertz CT molecular complexity index is 798. The van der Waals surface area contributed by atoms with E-state index in [1.54, 1.807) is 6.92 Å². The minimum Gasteiger partial charge on any atom is -0.466 e. The van der Waals surface area contributed by atoms with Gasteiger partial charge in [0, 0.05) is 36.2 Å². The van der Waals surface area contributed by atoms with Crippen molar-refractivity contribution in [2.75, 3.05) is 19.7 Å². The molecule has 1 fully saturated rings. The summed E-state index contributed by atoms with van der Waals surface area (Å²) in [5.41, 5.74) is 3.34. The van der Waals surface area contributed by atoms with Crippen LogP contribution in [0.15, 0.2) is 41.2 Å². The third-order valence-corrected chi connectivity index (χ3v) is 4.77. The zero-order chi connectivity index (χ0) is 17.8. The number of H-pyrrole nitrogens is 1. The predicted molar refractivity (Wildman–Crippen MR) is 96.9 cm³/mol. The molecule has 0 saturated carbocycles. The first-order valence-corrected chi connectivity index (χ1v) is 8.74. The van der Waals surface area contributed by atoms with Crippen LogP contribution in [0, 0.1) is 6.92 Å². The van der Waals surface area contributed by atoms with Crippen molar-refractivity contribution in [3.8, 4) is 0 Å². The molecule has 0 unspecified atom stereocenters. The molecule has 0 amide bonds. The molecule has 1 aromatic heterocycles. The maximum Gasteiger partial charge on any atom is 0.310 e. The molecule has 2 N–H and O–H groups in total. The van der Waals surface area contributed by atoms with Crippen molar-refractivity contribution in [3.05, 3.63) is 69.1 Å². The molecule has 1 saturated heterocycles. The van der Waals surface area contributed by atoms with Gasteiger partial charge in [-0.15, -0.1) is 0 Å². The van der Waals surface area contributed by atoms with Gasteiger partial charge in [-0.2, -0.15) is 0 Å². The van der Waals surface area contributed by atoms with Gasteiger partial charge in [0.1, 0.15) is 0 Å². The van der Waals surface area contributed by atoms with E-state index >= 15 is 0 Å². The van der Waals surface area contributed by atoms with Gasteiger partial charge in [-0.05, 0) is 31.0 Å². The molecule has 3 rings (SSSR count). The number of esters is 1. The highest BCUT2D eigenvalue weighted by molar-refractivity contribution is 5.73. The molecule has 0 bridgehead atoms. The zero-order valence-corrected chi connectivity index (χ0v) is 14.7. The fourth-order valence-electron chi connectivity index (χ4n) is 3.67. The van der Waals surface area contributed by atoms with E-state index < -0.39 is 0 Å². The quantitative estimate of drug-likeness (QED) is 0.819. The summed E-state index contributed by atoms with van der Waals surface area (Å²) in [6, 6.07) is 12.3. The number of carbonyl (C=O) groups is 1. The van der Waals surface area contributed by atoms with Crippen molar-refractivity contribution >= 4 is 5.97 Å². The molecule has 0 radical (unpaired) electrons. The fourth-order valence-corrected chi connectivity index (χ4v) is 3.67. The second-order valence-electron chi connectivity index (χ2n) is 6.48. The van der Waals surface area contributed by atoms with Gasteiger partial charge in [0.25, 0.3) is 5.56 Å². The van der Waals surface area contributed by atoms with Crippen LogP contribution >= 0.6 is 0 Å². The van der Waals surface area contributed by atoms with E-state index in [2.05, 4.69) is 22.4 Å². The van der Waals surface area contributed by atoms with Gasteiger partial charge in [0.05, 0.1) is 13.0 Å². The Balaban J connectivity index is 2.00. The molecular weight excluding hydrogens is 316 g/mol. The molecule has 1 aliphatic rings. The normalized spacial score (nSPS) is 19.8. The predicted octanol–water partition coefficient (Wildman–Crippen LogP) is 2.26. The summed E-state index contributed by atoms with van der Waals surface area (Å²) in [6.07, 6.45) is 0.0107. The third-order valence-electron chi connectivity index (χ3n) is 4.77. The lowest BCUT2D eigenvalue weighted by Crippen LogP contribution is -2.24. The molecule has 0 spiro atoms. The van der Waals surface area contributed by atoms with Gasteiger partial charge >= 0.3 is 5.97 Å². The number of hydrogen-bond donors (Lipinski definition) is 2. The average Bonchev–Trinajstić information content (AvgIpc) is 3.07. The van der Waals surface area contributed by atoms with Gasteiger partial charge in [-0.3, -0.25) is 9.59 Å². The first kappa shape index (κ1) is 17.4. The van der Waals surface area contributed by atoms with E-state index in [1.165, 1.54) is 5.56 Å². The summed E-state index contributed by atoms with van der Waals surface area (Å²) < 4.78 is 5.05. The summed E-state index contributed by atoms with van der Waals surface area (Å²) in [4.78, 5) is 27.3. The molecule has 132 valence electrons. The molecule has 1 aromatic carbocycles. The van der Waals surface area contributed by atoms with Gasteiger partial charge in [-0.25, -0.2) is 0 Å². The highest BCUT2D eigenvalue weighted by atomic mass is 16.5. The Hall–Kier alpha value is -2.40. The van der Waals surface area contributed by atoms with E-state index in [4.69, 9.17) is 4.74 Å². The van der Waals surface area contributed by atoms with Crippen LogP contribution in [0.5, 0.6) is 0 Å². The Kier molecular flexibility index (Phi) is 5.34. The molecule has 2 atom stereocenters. The first-order chi connectivity index (χ1) is 12.1. The first-order valence-electron chi connectivity index (χ1n) is 8.74. The number of aromatic nitrogens is 1. The van der Waals surface area contributed by atoms with E-state index in [0.29, 0.717) is 12.2 Å². The number of carbonyl (C=O) groups excluding carboxylic acids is 1. The second-order valence-corrected chi connectivity index (χ2v) is 6.48. The minimum atomic E-state index is -0.361. The zero-order valence-electron chi connectivity index (χ0n) is 14.7. The number of aromatic amines is 1. The molecule has 2 aromatic rings. The summed E-state index contributed by atoms with van der Waals surface area (Å²) in [5, 5.41) is 3.44. The maximum atomic E-state index is 12.5. The van der Waals surface area contributed by atoms with Crippen molar-refractivity contribution in [2.45, 2.75) is 32.1 Å². The van der Waals surface area contributed by atoms with Crippen molar-refractivity contribution in [2.24, 2.45) is 0 Å². The Morgan fingerprint density at radius 3 is 2.64 bits per heavy atom. The summed E-state index contributed by atoms with van der Waals surface area (Å²) in [5.74, 6) is 0.0801. The average molecular weight is 340 g/mol. The van der Waals surface area contributed by atoms with Gasteiger partial charge in [0.2, 0.25) is 0 Å². The van der Waals surface area contributed by atoms with Gasteiger partial charge in [0.15, 0.2) is 0 Å². The second kappa shape index (κ2) is 7.66. The van der Waals surface area contributed by atoms with Crippen LogP contribution in [-0.4, -0.2) is 30.6 Å². The van der Waals surface area contributed by atoms with E-state index in [9.17, 15) is 9.59 Å². The van der Waals surface area contributed by atoms with Crippen LogP contribution in [0.4, 0.5) is 0 Å². The Morgan fingerprint density at radius 2 is 1.92 bits per heavy atom. The number of rotatable bonds is 5. The largest absolute Gasteiger partial charge is 0.466 e. The molecule has 0 aliphatic carbocycles. The highest BCUT2D eigenvalue weighted by Crippen LogP contribution is 2.37. The van der Waals surface area contributed by atoms with E-state index in [1.807, 2.05) is 31.2 Å². The lowest BCUT2D eigenvalue weighted by atomic mass is 9.82. The molecule has 5 nitrogen and oxygen atoms in total. The van der Waals surface area contributed by atoms with E-state index in [-0.39, 0.29) is 29.8 Å². The van der Waals surface area contributed by atoms with Crippen LogP contribution in [0.1, 0.15) is 41.1 Å². The molecule has 2 heterocycles. The lowest BCUT2D eigenvalue weighted by molar-refractivity contribution is -0.142. The molecule has 5 heteroatoms. The van der Waals surface area contributed by atoms with Crippen molar-refractivity contribution in [1.29, 1.82) is 0 Å². The van der Waals surface area contributed by atoms with Crippen LogP contribution in [0.25, 0.3) is 0 Å². The van der Waals surface area contributed by atoms with Crippen molar-refractivity contribution in [3.63, 3.8) is 0 Å². The summed E-state index contributed by atoms with van der Waals surface area (Å²) >= 11 is 0. The summed E-state index contributed by atoms with van der Waals surface area (Å²) in [7, 11) is 0. The number of aryl methyl sites for hydroxylation is 1. The number of benzene rings is 1. The number of ether oxygens (including phenoxy) is 1. The molecular formula is C20H24N2O3.